The lowest BCUT2D eigenvalue weighted by Crippen LogP contribution is -2.01. The predicted molar refractivity (Wildman–Crippen MR) is 211 cm³/mol. The number of hydrogen-bond donors (Lipinski definition) is 0. The highest BCUT2D eigenvalue weighted by Crippen LogP contribution is 2.35. The van der Waals surface area contributed by atoms with Gasteiger partial charge in [0.15, 0.2) is 17.5 Å². The van der Waals surface area contributed by atoms with E-state index in [1.807, 2.05) is 30.3 Å². The van der Waals surface area contributed by atoms with Gasteiger partial charge in [0.1, 0.15) is 11.3 Å². The minimum Gasteiger partial charge on any atom is -0.456 e. The van der Waals surface area contributed by atoms with Crippen LogP contribution in [-0.4, -0.2) is 19.5 Å². The van der Waals surface area contributed by atoms with Crippen molar-refractivity contribution in [2.24, 2.45) is 0 Å². The maximum Gasteiger partial charge on any atom is 0.164 e. The van der Waals surface area contributed by atoms with Gasteiger partial charge in [0.2, 0.25) is 0 Å². The van der Waals surface area contributed by atoms with Crippen LogP contribution in [0.3, 0.4) is 0 Å². The quantitative estimate of drug-likeness (QED) is 0.177. The van der Waals surface area contributed by atoms with E-state index in [9.17, 15) is 0 Å². The zero-order valence-electron chi connectivity index (χ0n) is 28.0. The van der Waals surface area contributed by atoms with Gasteiger partial charge in [0, 0.05) is 44.1 Å². The van der Waals surface area contributed by atoms with E-state index in [-0.39, 0.29) is 0 Å². The van der Waals surface area contributed by atoms with Crippen LogP contribution in [0, 0.1) is 0 Å². The lowest BCUT2D eigenvalue weighted by atomic mass is 9.99. The SMILES string of the molecule is c1ccc(-c2ccccc2-c2nc(-c3ccc(-c4cc5ccccc5o4)cc3)nc(-c3ccc(-n4c5ccccc5c5ccccc54)cc3)n2)cc1. The molecule has 52 heavy (non-hydrogen) atoms. The molecule has 3 aromatic heterocycles. The van der Waals surface area contributed by atoms with Gasteiger partial charge in [-0.3, -0.25) is 0 Å². The van der Waals surface area contributed by atoms with E-state index >= 15 is 0 Å². The van der Waals surface area contributed by atoms with Crippen LogP contribution in [0.2, 0.25) is 0 Å². The van der Waals surface area contributed by atoms with Gasteiger partial charge >= 0.3 is 0 Å². The molecule has 0 saturated carbocycles. The van der Waals surface area contributed by atoms with Crippen molar-refractivity contribution in [1.29, 1.82) is 0 Å². The van der Waals surface area contributed by atoms with Crippen molar-refractivity contribution in [2.75, 3.05) is 0 Å². The number of fused-ring (bicyclic) bond motifs is 4. The Bertz CT molecular complexity index is 2800. The Balaban J connectivity index is 1.10. The summed E-state index contributed by atoms with van der Waals surface area (Å²) in [6.45, 7) is 0. The smallest absolute Gasteiger partial charge is 0.164 e. The number of hydrogen-bond acceptors (Lipinski definition) is 4. The van der Waals surface area contributed by atoms with E-state index < -0.39 is 0 Å². The standard InChI is InChI=1S/C47H30N4O/c1-2-12-31(13-3-1)37-15-5-6-18-40(37)47-49-45(33-24-22-32(23-25-33)44-30-35-14-4-11-21-43(35)52-44)48-46(50-47)34-26-28-36(29-27-34)51-41-19-9-7-16-38(41)39-17-8-10-20-42(39)51/h1-30H. The van der Waals surface area contributed by atoms with Crippen LogP contribution in [0.25, 0.3) is 95.1 Å². The third-order valence-electron chi connectivity index (χ3n) is 9.71. The first-order chi connectivity index (χ1) is 25.8. The Morgan fingerprint density at radius 1 is 0.385 bits per heavy atom. The first-order valence-electron chi connectivity index (χ1n) is 17.4. The highest BCUT2D eigenvalue weighted by atomic mass is 16.3. The topological polar surface area (TPSA) is 56.7 Å². The van der Waals surface area contributed by atoms with Crippen molar-refractivity contribution >= 4 is 32.8 Å². The fraction of sp³-hybridized carbons (Fsp3) is 0. The molecule has 0 spiro atoms. The molecule has 0 aliphatic carbocycles. The maximum atomic E-state index is 6.15. The average Bonchev–Trinajstić information content (AvgIpc) is 3.81. The second-order valence-corrected chi connectivity index (χ2v) is 12.9. The zero-order chi connectivity index (χ0) is 34.4. The summed E-state index contributed by atoms with van der Waals surface area (Å²) in [6.07, 6.45) is 0. The van der Waals surface area contributed by atoms with Gasteiger partial charge < -0.3 is 8.98 Å². The number of aromatic nitrogens is 4. The van der Waals surface area contributed by atoms with E-state index in [0.29, 0.717) is 17.5 Å². The van der Waals surface area contributed by atoms with Crippen LogP contribution in [0.1, 0.15) is 0 Å². The van der Waals surface area contributed by atoms with Crippen molar-refractivity contribution in [3.05, 3.63) is 182 Å². The molecule has 3 heterocycles. The number of rotatable bonds is 6. The molecule has 0 aliphatic rings. The maximum absolute atomic E-state index is 6.15. The molecule has 5 nitrogen and oxygen atoms in total. The third kappa shape index (κ3) is 5.15. The van der Waals surface area contributed by atoms with Crippen molar-refractivity contribution in [3.8, 4) is 62.3 Å². The first-order valence-corrected chi connectivity index (χ1v) is 17.4. The molecule has 0 saturated heterocycles. The third-order valence-corrected chi connectivity index (χ3v) is 9.71. The second kappa shape index (κ2) is 12.3. The molecule has 10 rings (SSSR count). The van der Waals surface area contributed by atoms with Crippen LogP contribution in [0.5, 0.6) is 0 Å². The molecule has 0 amide bonds. The summed E-state index contributed by atoms with van der Waals surface area (Å²) in [7, 11) is 0. The minimum absolute atomic E-state index is 0.602. The molecule has 244 valence electrons. The Hall–Kier alpha value is -7.11. The van der Waals surface area contributed by atoms with Crippen molar-refractivity contribution < 1.29 is 4.42 Å². The summed E-state index contributed by atoms with van der Waals surface area (Å²) in [5.41, 5.74) is 10.2. The minimum atomic E-state index is 0.602. The van der Waals surface area contributed by atoms with Crippen LogP contribution < -0.4 is 0 Å². The van der Waals surface area contributed by atoms with Crippen LogP contribution in [0.15, 0.2) is 186 Å². The van der Waals surface area contributed by atoms with Crippen LogP contribution in [-0.2, 0) is 0 Å². The number of furan rings is 1. The molecular weight excluding hydrogens is 637 g/mol. The largest absolute Gasteiger partial charge is 0.456 e. The van der Waals surface area contributed by atoms with Gasteiger partial charge in [-0.2, -0.15) is 0 Å². The lowest BCUT2D eigenvalue weighted by molar-refractivity contribution is 0.631. The van der Waals surface area contributed by atoms with Crippen LogP contribution in [0.4, 0.5) is 0 Å². The molecular formula is C47H30N4O. The van der Waals surface area contributed by atoms with Crippen molar-refractivity contribution in [1.82, 2.24) is 19.5 Å². The van der Waals surface area contributed by atoms with Crippen molar-refractivity contribution in [3.63, 3.8) is 0 Å². The molecule has 0 fully saturated rings. The molecule has 0 unspecified atom stereocenters. The fourth-order valence-corrected chi connectivity index (χ4v) is 7.17. The predicted octanol–water partition coefficient (Wildman–Crippen LogP) is 12.0. The van der Waals surface area contributed by atoms with Gasteiger partial charge in [-0.25, -0.2) is 15.0 Å². The highest BCUT2D eigenvalue weighted by Gasteiger charge is 2.17. The Kier molecular flexibility index (Phi) is 7.07. The molecule has 0 bridgehead atoms. The van der Waals surface area contributed by atoms with E-state index in [2.05, 4.69) is 156 Å². The molecule has 0 N–H and O–H groups in total. The van der Waals surface area contributed by atoms with E-state index in [1.165, 1.54) is 21.8 Å². The fourth-order valence-electron chi connectivity index (χ4n) is 7.17. The Morgan fingerprint density at radius 2 is 0.904 bits per heavy atom. The second-order valence-electron chi connectivity index (χ2n) is 12.9. The summed E-state index contributed by atoms with van der Waals surface area (Å²) in [5.74, 6) is 2.65. The van der Waals surface area contributed by atoms with Crippen molar-refractivity contribution in [2.45, 2.75) is 0 Å². The number of nitrogens with zero attached hydrogens (tertiary/aromatic N) is 4. The van der Waals surface area contributed by atoms with Gasteiger partial charge in [-0.05, 0) is 59.7 Å². The zero-order valence-corrected chi connectivity index (χ0v) is 28.0. The number of benzene rings is 7. The molecule has 7 aromatic carbocycles. The van der Waals surface area contributed by atoms with Gasteiger partial charge in [-0.15, -0.1) is 0 Å². The Labute approximate surface area is 300 Å². The number of para-hydroxylation sites is 3. The first kappa shape index (κ1) is 29.8. The summed E-state index contributed by atoms with van der Waals surface area (Å²) in [6, 6.07) is 62.7. The summed E-state index contributed by atoms with van der Waals surface area (Å²) >= 11 is 0. The molecule has 5 heteroatoms. The summed E-state index contributed by atoms with van der Waals surface area (Å²) < 4.78 is 8.47. The van der Waals surface area contributed by atoms with Gasteiger partial charge in [0.05, 0.1) is 11.0 Å². The lowest BCUT2D eigenvalue weighted by Gasteiger charge is -2.13. The van der Waals surface area contributed by atoms with E-state index in [4.69, 9.17) is 19.4 Å². The summed E-state index contributed by atoms with van der Waals surface area (Å²) in [5, 5.41) is 3.55. The Morgan fingerprint density at radius 3 is 1.58 bits per heavy atom. The molecule has 0 radical (unpaired) electrons. The summed E-state index contributed by atoms with van der Waals surface area (Å²) in [4.78, 5) is 15.3. The average molecular weight is 667 g/mol. The van der Waals surface area contributed by atoms with Gasteiger partial charge in [0.25, 0.3) is 0 Å². The van der Waals surface area contributed by atoms with E-state index in [1.54, 1.807) is 0 Å². The highest BCUT2D eigenvalue weighted by molar-refractivity contribution is 6.09. The molecule has 0 aliphatic heterocycles. The van der Waals surface area contributed by atoms with Gasteiger partial charge in [-0.1, -0.05) is 133 Å². The monoisotopic (exact) mass is 666 g/mol. The van der Waals surface area contributed by atoms with Crippen LogP contribution >= 0.6 is 0 Å². The normalized spacial score (nSPS) is 11.5. The van der Waals surface area contributed by atoms with E-state index in [0.717, 1.165) is 55.8 Å². The molecule has 0 atom stereocenters. The molecule has 10 aromatic rings.